The second-order valence-electron chi connectivity index (χ2n) is 6.77. The Labute approximate surface area is 173 Å². The van der Waals surface area contributed by atoms with E-state index in [1.54, 1.807) is 10.9 Å². The van der Waals surface area contributed by atoms with Gasteiger partial charge in [-0.25, -0.2) is 4.39 Å². The molecule has 6 heteroatoms. The van der Waals surface area contributed by atoms with Crippen LogP contribution in [0.5, 0.6) is 5.88 Å². The van der Waals surface area contributed by atoms with Crippen molar-refractivity contribution in [2.45, 2.75) is 13.2 Å². The summed E-state index contributed by atoms with van der Waals surface area (Å²) in [6.45, 7) is 0.798. The second kappa shape index (κ2) is 9.05. The van der Waals surface area contributed by atoms with Gasteiger partial charge >= 0.3 is 0 Å². The fourth-order valence-corrected chi connectivity index (χ4v) is 2.98. The molecule has 0 aliphatic rings. The predicted molar refractivity (Wildman–Crippen MR) is 113 cm³/mol. The van der Waals surface area contributed by atoms with Crippen molar-refractivity contribution < 1.29 is 13.9 Å². The van der Waals surface area contributed by atoms with Crippen LogP contribution in [0.3, 0.4) is 0 Å². The highest BCUT2D eigenvalue weighted by atomic mass is 19.1. The molecule has 3 aromatic carbocycles. The van der Waals surface area contributed by atoms with Crippen molar-refractivity contribution in [2.24, 2.45) is 0 Å². The minimum absolute atomic E-state index is 0.245. The van der Waals surface area contributed by atoms with E-state index in [2.05, 4.69) is 10.4 Å². The Morgan fingerprint density at radius 1 is 0.900 bits per heavy atom. The van der Waals surface area contributed by atoms with Crippen LogP contribution < -0.4 is 10.1 Å². The maximum absolute atomic E-state index is 13.1. The van der Waals surface area contributed by atoms with E-state index >= 15 is 0 Å². The van der Waals surface area contributed by atoms with E-state index in [0.29, 0.717) is 24.4 Å². The number of hydrogen-bond acceptors (Lipinski definition) is 3. The van der Waals surface area contributed by atoms with Crippen molar-refractivity contribution >= 4 is 11.6 Å². The monoisotopic (exact) mass is 401 g/mol. The molecule has 0 unspecified atom stereocenters. The Morgan fingerprint density at radius 3 is 2.20 bits per heavy atom. The summed E-state index contributed by atoms with van der Waals surface area (Å²) in [5.74, 6) is -0.492. The maximum Gasteiger partial charge on any atom is 0.262 e. The van der Waals surface area contributed by atoms with Gasteiger partial charge < -0.3 is 10.1 Å². The third kappa shape index (κ3) is 4.91. The predicted octanol–water partition coefficient (Wildman–Crippen LogP) is 4.90. The molecule has 0 aliphatic carbocycles. The zero-order valence-electron chi connectivity index (χ0n) is 16.2. The van der Waals surface area contributed by atoms with Crippen molar-refractivity contribution in [1.82, 2.24) is 9.78 Å². The highest BCUT2D eigenvalue weighted by Crippen LogP contribution is 2.21. The first-order valence-electron chi connectivity index (χ1n) is 9.52. The van der Waals surface area contributed by atoms with E-state index in [9.17, 15) is 9.18 Å². The molecule has 1 N–H and O–H groups in total. The summed E-state index contributed by atoms with van der Waals surface area (Å²) in [4.78, 5) is 12.9. The van der Waals surface area contributed by atoms with Gasteiger partial charge in [-0.15, -0.1) is 5.10 Å². The molecule has 30 heavy (non-hydrogen) atoms. The largest absolute Gasteiger partial charge is 0.471 e. The second-order valence-corrected chi connectivity index (χ2v) is 6.77. The molecule has 0 aliphatic heterocycles. The van der Waals surface area contributed by atoms with Crippen LogP contribution in [0.15, 0.2) is 91.1 Å². The van der Waals surface area contributed by atoms with Gasteiger partial charge in [0.25, 0.3) is 5.91 Å². The summed E-state index contributed by atoms with van der Waals surface area (Å²) >= 11 is 0. The molecule has 0 saturated carbocycles. The number of aromatic nitrogens is 2. The molecular weight excluding hydrogens is 381 g/mol. The molecule has 1 aromatic heterocycles. The van der Waals surface area contributed by atoms with E-state index < -0.39 is 0 Å². The zero-order chi connectivity index (χ0) is 20.8. The standard InChI is InChI=1S/C24H20FN3O2/c25-20-11-13-21(14-12-20)26-23(29)22-16-28(15-18-7-3-1-4-8-18)27-24(22)30-17-19-9-5-2-6-10-19/h1-14,16H,15,17H2,(H,26,29). The van der Waals surface area contributed by atoms with Crippen LogP contribution in [0, 0.1) is 5.82 Å². The molecule has 0 spiro atoms. The van der Waals surface area contributed by atoms with E-state index in [4.69, 9.17) is 4.74 Å². The lowest BCUT2D eigenvalue weighted by Crippen LogP contribution is -2.12. The first-order chi connectivity index (χ1) is 14.7. The molecule has 150 valence electrons. The van der Waals surface area contributed by atoms with Gasteiger partial charge in [-0.2, -0.15) is 0 Å². The van der Waals surface area contributed by atoms with Gasteiger partial charge in [0, 0.05) is 11.9 Å². The summed E-state index contributed by atoms with van der Waals surface area (Å²) in [5.41, 5.74) is 2.83. The molecule has 0 atom stereocenters. The summed E-state index contributed by atoms with van der Waals surface area (Å²) < 4.78 is 20.7. The Morgan fingerprint density at radius 2 is 1.53 bits per heavy atom. The van der Waals surface area contributed by atoms with Gasteiger partial charge in [0.1, 0.15) is 18.0 Å². The topological polar surface area (TPSA) is 56.2 Å². The molecule has 5 nitrogen and oxygen atoms in total. The third-order valence-corrected chi connectivity index (χ3v) is 4.48. The van der Waals surface area contributed by atoms with Crippen LogP contribution in [-0.4, -0.2) is 15.7 Å². The summed E-state index contributed by atoms with van der Waals surface area (Å²) in [6.07, 6.45) is 1.66. The number of ether oxygens (including phenoxy) is 1. The van der Waals surface area contributed by atoms with E-state index in [1.165, 1.54) is 24.3 Å². The summed E-state index contributed by atoms with van der Waals surface area (Å²) in [6, 6.07) is 25.1. The molecule has 0 bridgehead atoms. The normalized spacial score (nSPS) is 10.6. The Kier molecular flexibility index (Phi) is 5.85. The van der Waals surface area contributed by atoms with E-state index in [0.717, 1.165) is 11.1 Å². The molecule has 0 fully saturated rings. The number of amides is 1. The summed E-state index contributed by atoms with van der Waals surface area (Å²) in [7, 11) is 0. The number of carbonyl (C=O) groups is 1. The first-order valence-corrected chi connectivity index (χ1v) is 9.52. The average molecular weight is 401 g/mol. The van der Waals surface area contributed by atoms with Gasteiger partial charge in [-0.1, -0.05) is 60.7 Å². The van der Waals surface area contributed by atoms with Crippen LogP contribution in [0.25, 0.3) is 0 Å². The van der Waals surface area contributed by atoms with Crippen LogP contribution in [0.2, 0.25) is 0 Å². The van der Waals surface area contributed by atoms with Crippen molar-refractivity contribution in [3.8, 4) is 5.88 Å². The van der Waals surface area contributed by atoms with Crippen LogP contribution in [0.1, 0.15) is 21.5 Å². The Bertz CT molecular complexity index is 1110. The third-order valence-electron chi connectivity index (χ3n) is 4.48. The van der Waals surface area contributed by atoms with Crippen molar-refractivity contribution in [2.75, 3.05) is 5.32 Å². The smallest absolute Gasteiger partial charge is 0.262 e. The zero-order valence-corrected chi connectivity index (χ0v) is 16.2. The first kappa shape index (κ1) is 19.4. The van der Waals surface area contributed by atoms with Crippen molar-refractivity contribution in [1.29, 1.82) is 0 Å². The molecule has 4 aromatic rings. The summed E-state index contributed by atoms with van der Waals surface area (Å²) in [5, 5.41) is 7.23. The lowest BCUT2D eigenvalue weighted by Gasteiger charge is -2.07. The fraction of sp³-hybridized carbons (Fsp3) is 0.0833. The Hall–Kier alpha value is -3.93. The lowest BCUT2D eigenvalue weighted by atomic mass is 10.2. The number of carbonyl (C=O) groups excluding carboxylic acids is 1. The van der Waals surface area contributed by atoms with Crippen molar-refractivity contribution in [3.63, 3.8) is 0 Å². The highest BCUT2D eigenvalue weighted by Gasteiger charge is 2.19. The number of hydrogen-bond donors (Lipinski definition) is 1. The van der Waals surface area contributed by atoms with E-state index in [-0.39, 0.29) is 17.6 Å². The van der Waals surface area contributed by atoms with Gasteiger partial charge in [-0.3, -0.25) is 9.48 Å². The molecular formula is C24H20FN3O2. The fourth-order valence-electron chi connectivity index (χ4n) is 2.98. The SMILES string of the molecule is O=C(Nc1ccc(F)cc1)c1cn(Cc2ccccc2)nc1OCc1ccccc1. The van der Waals surface area contributed by atoms with Gasteiger partial charge in [0.15, 0.2) is 0 Å². The lowest BCUT2D eigenvalue weighted by molar-refractivity contribution is 0.102. The Balaban J connectivity index is 1.56. The number of benzene rings is 3. The minimum atomic E-state index is -0.371. The molecule has 1 amide bonds. The maximum atomic E-state index is 13.1. The molecule has 0 radical (unpaired) electrons. The number of rotatable bonds is 7. The molecule has 0 saturated heterocycles. The molecule has 1 heterocycles. The van der Waals surface area contributed by atoms with Gasteiger partial charge in [-0.05, 0) is 35.4 Å². The number of nitrogens with zero attached hydrogens (tertiary/aromatic N) is 2. The quantitative estimate of drug-likeness (QED) is 0.479. The molecule has 4 rings (SSSR count). The average Bonchev–Trinajstić information content (AvgIpc) is 3.18. The number of nitrogens with one attached hydrogen (secondary N) is 1. The van der Waals surface area contributed by atoms with Crippen LogP contribution >= 0.6 is 0 Å². The van der Waals surface area contributed by atoms with Gasteiger partial charge in [0.2, 0.25) is 5.88 Å². The van der Waals surface area contributed by atoms with Crippen molar-refractivity contribution in [3.05, 3.63) is 114 Å². The minimum Gasteiger partial charge on any atom is -0.471 e. The highest BCUT2D eigenvalue weighted by molar-refractivity contribution is 6.05. The number of halogens is 1. The van der Waals surface area contributed by atoms with Crippen LogP contribution in [0.4, 0.5) is 10.1 Å². The van der Waals surface area contributed by atoms with Gasteiger partial charge in [0.05, 0.1) is 6.54 Å². The number of anilines is 1. The van der Waals surface area contributed by atoms with Crippen LogP contribution in [-0.2, 0) is 13.2 Å². The van der Waals surface area contributed by atoms with E-state index in [1.807, 2.05) is 60.7 Å².